The van der Waals surface area contributed by atoms with Crippen molar-refractivity contribution >= 4 is 11.6 Å². The first-order valence-electron chi connectivity index (χ1n) is 5.58. The van der Waals surface area contributed by atoms with E-state index in [0.717, 1.165) is 11.3 Å². The van der Waals surface area contributed by atoms with Crippen molar-refractivity contribution in [3.8, 4) is 0 Å². The zero-order valence-corrected chi connectivity index (χ0v) is 10.3. The van der Waals surface area contributed by atoms with E-state index < -0.39 is 0 Å². The Morgan fingerprint density at radius 1 is 1.50 bits per heavy atom. The third kappa shape index (κ3) is 2.32. The van der Waals surface area contributed by atoms with E-state index in [-0.39, 0.29) is 11.6 Å². The van der Waals surface area contributed by atoms with Crippen LogP contribution in [0.4, 0.5) is 5.69 Å². The molecule has 6 nitrogen and oxygen atoms in total. The molecule has 0 saturated carbocycles. The van der Waals surface area contributed by atoms with E-state index in [2.05, 4.69) is 20.5 Å². The van der Waals surface area contributed by atoms with Crippen LogP contribution in [0, 0.1) is 13.8 Å². The van der Waals surface area contributed by atoms with Gasteiger partial charge in [0.15, 0.2) is 5.69 Å². The quantitative estimate of drug-likeness (QED) is 0.749. The first-order valence-corrected chi connectivity index (χ1v) is 5.58. The van der Waals surface area contributed by atoms with Gasteiger partial charge in [-0.3, -0.25) is 14.9 Å². The molecule has 0 saturated heterocycles. The number of aryl methyl sites for hydroxylation is 2. The van der Waals surface area contributed by atoms with E-state index in [0.29, 0.717) is 17.9 Å². The second kappa shape index (κ2) is 4.87. The van der Waals surface area contributed by atoms with Gasteiger partial charge in [-0.25, -0.2) is 0 Å². The number of aromatic nitrogens is 3. The third-order valence-corrected chi connectivity index (χ3v) is 2.74. The number of carbonyl (C=O) groups is 1. The zero-order chi connectivity index (χ0) is 13.1. The van der Waals surface area contributed by atoms with E-state index in [4.69, 9.17) is 5.73 Å². The number of amides is 1. The van der Waals surface area contributed by atoms with Crippen molar-refractivity contribution in [3.63, 3.8) is 0 Å². The van der Waals surface area contributed by atoms with Crippen molar-refractivity contribution in [1.82, 2.24) is 20.5 Å². The van der Waals surface area contributed by atoms with E-state index in [1.807, 2.05) is 19.1 Å². The summed E-state index contributed by atoms with van der Waals surface area (Å²) in [5, 5.41) is 9.29. The summed E-state index contributed by atoms with van der Waals surface area (Å²) in [6, 6.07) is 3.80. The largest absolute Gasteiger partial charge is 0.395 e. The summed E-state index contributed by atoms with van der Waals surface area (Å²) < 4.78 is 0. The average Bonchev–Trinajstić information content (AvgIpc) is 2.69. The molecule has 0 bridgehead atoms. The van der Waals surface area contributed by atoms with Gasteiger partial charge < -0.3 is 11.1 Å². The van der Waals surface area contributed by atoms with Crippen LogP contribution in [0.5, 0.6) is 0 Å². The molecule has 2 heterocycles. The maximum Gasteiger partial charge on any atom is 0.274 e. The molecule has 0 spiro atoms. The van der Waals surface area contributed by atoms with Crippen LogP contribution in [-0.4, -0.2) is 21.1 Å². The molecule has 2 aromatic rings. The first-order chi connectivity index (χ1) is 8.59. The molecule has 94 valence electrons. The molecular formula is C12H15N5O. The highest BCUT2D eigenvalue weighted by Gasteiger charge is 2.15. The van der Waals surface area contributed by atoms with Gasteiger partial charge in [0.1, 0.15) is 0 Å². The van der Waals surface area contributed by atoms with E-state index >= 15 is 0 Å². The van der Waals surface area contributed by atoms with Gasteiger partial charge in [-0.2, -0.15) is 5.10 Å². The van der Waals surface area contributed by atoms with Crippen molar-refractivity contribution < 1.29 is 4.79 Å². The molecule has 1 amide bonds. The molecule has 0 radical (unpaired) electrons. The van der Waals surface area contributed by atoms with Crippen molar-refractivity contribution in [2.24, 2.45) is 0 Å². The van der Waals surface area contributed by atoms with Crippen molar-refractivity contribution in [2.75, 3.05) is 5.73 Å². The lowest BCUT2D eigenvalue weighted by Gasteiger charge is -2.05. The summed E-state index contributed by atoms with van der Waals surface area (Å²) in [6.45, 7) is 4.07. The van der Waals surface area contributed by atoms with Gasteiger partial charge in [0.05, 0.1) is 23.6 Å². The lowest BCUT2D eigenvalue weighted by molar-refractivity contribution is 0.0946. The van der Waals surface area contributed by atoms with Crippen LogP contribution in [0.25, 0.3) is 0 Å². The number of anilines is 1. The minimum Gasteiger partial charge on any atom is -0.395 e. The fraction of sp³-hybridized carbons (Fsp3) is 0.250. The Morgan fingerprint density at radius 2 is 2.28 bits per heavy atom. The third-order valence-electron chi connectivity index (χ3n) is 2.74. The number of hydrogen-bond acceptors (Lipinski definition) is 4. The van der Waals surface area contributed by atoms with Gasteiger partial charge >= 0.3 is 0 Å². The summed E-state index contributed by atoms with van der Waals surface area (Å²) in [5.41, 5.74) is 8.89. The SMILES string of the molecule is Cc1cccnc1CNC(=O)c1n[nH]c(C)c1N. The molecule has 6 heteroatoms. The van der Waals surface area contributed by atoms with Gasteiger partial charge in [0.25, 0.3) is 5.91 Å². The zero-order valence-electron chi connectivity index (χ0n) is 10.3. The fourth-order valence-electron chi connectivity index (χ4n) is 1.56. The van der Waals surface area contributed by atoms with Gasteiger partial charge in [0, 0.05) is 6.20 Å². The molecule has 0 aliphatic carbocycles. The Balaban J connectivity index is 2.05. The molecule has 0 unspecified atom stereocenters. The molecule has 0 aliphatic heterocycles. The van der Waals surface area contributed by atoms with Crippen LogP contribution in [0.3, 0.4) is 0 Å². The number of pyridine rings is 1. The van der Waals surface area contributed by atoms with E-state index in [9.17, 15) is 4.79 Å². The van der Waals surface area contributed by atoms with Gasteiger partial charge in [-0.1, -0.05) is 6.07 Å². The van der Waals surface area contributed by atoms with Crippen LogP contribution in [0.15, 0.2) is 18.3 Å². The highest BCUT2D eigenvalue weighted by atomic mass is 16.1. The summed E-state index contributed by atoms with van der Waals surface area (Å²) in [7, 11) is 0. The van der Waals surface area contributed by atoms with E-state index in [1.165, 1.54) is 0 Å². The highest BCUT2D eigenvalue weighted by Crippen LogP contribution is 2.12. The van der Waals surface area contributed by atoms with Crippen molar-refractivity contribution in [1.29, 1.82) is 0 Å². The first kappa shape index (κ1) is 12.1. The van der Waals surface area contributed by atoms with Gasteiger partial charge in [-0.15, -0.1) is 0 Å². The van der Waals surface area contributed by atoms with Crippen LogP contribution in [-0.2, 0) is 6.54 Å². The Labute approximate surface area is 105 Å². The summed E-state index contributed by atoms with van der Waals surface area (Å²) in [4.78, 5) is 16.1. The number of aromatic amines is 1. The van der Waals surface area contributed by atoms with E-state index in [1.54, 1.807) is 13.1 Å². The molecule has 0 aliphatic rings. The molecule has 0 fully saturated rings. The van der Waals surface area contributed by atoms with Crippen molar-refractivity contribution in [3.05, 3.63) is 41.0 Å². The predicted molar refractivity (Wildman–Crippen MR) is 67.9 cm³/mol. The fourth-order valence-corrected chi connectivity index (χ4v) is 1.56. The number of nitrogens with zero attached hydrogens (tertiary/aromatic N) is 2. The molecule has 18 heavy (non-hydrogen) atoms. The normalized spacial score (nSPS) is 10.3. The summed E-state index contributed by atoms with van der Waals surface area (Å²) in [5.74, 6) is -0.304. The standard InChI is InChI=1S/C12H15N5O/c1-7-4-3-5-14-9(7)6-15-12(18)11-10(13)8(2)16-17-11/h3-5H,6,13H2,1-2H3,(H,15,18)(H,16,17). The molecule has 0 aromatic carbocycles. The maximum atomic E-state index is 11.9. The second-order valence-electron chi connectivity index (χ2n) is 4.06. The number of nitrogens with two attached hydrogens (primary N) is 1. The minimum atomic E-state index is -0.304. The lowest BCUT2D eigenvalue weighted by atomic mass is 10.2. The molecular weight excluding hydrogens is 230 g/mol. The molecule has 0 atom stereocenters. The Hall–Kier alpha value is -2.37. The molecule has 4 N–H and O–H groups in total. The second-order valence-corrected chi connectivity index (χ2v) is 4.06. The average molecular weight is 245 g/mol. The van der Waals surface area contributed by atoms with Crippen LogP contribution in [0.1, 0.15) is 27.4 Å². The van der Waals surface area contributed by atoms with Crippen LogP contribution < -0.4 is 11.1 Å². The van der Waals surface area contributed by atoms with Crippen LogP contribution >= 0.6 is 0 Å². The predicted octanol–water partition coefficient (Wildman–Crippen LogP) is 0.934. The smallest absolute Gasteiger partial charge is 0.274 e. The highest BCUT2D eigenvalue weighted by molar-refractivity contribution is 5.97. The number of carbonyl (C=O) groups excluding carboxylic acids is 1. The maximum absolute atomic E-state index is 11.9. The summed E-state index contributed by atoms with van der Waals surface area (Å²) in [6.07, 6.45) is 1.70. The topological polar surface area (TPSA) is 96.7 Å². The number of rotatable bonds is 3. The lowest BCUT2D eigenvalue weighted by Crippen LogP contribution is -2.25. The minimum absolute atomic E-state index is 0.223. The van der Waals surface area contributed by atoms with Crippen LogP contribution in [0.2, 0.25) is 0 Å². The Bertz CT molecular complexity index is 576. The van der Waals surface area contributed by atoms with Gasteiger partial charge in [-0.05, 0) is 25.5 Å². The Morgan fingerprint density at radius 3 is 2.89 bits per heavy atom. The molecule has 2 rings (SSSR count). The summed E-state index contributed by atoms with van der Waals surface area (Å²) >= 11 is 0. The Kier molecular flexibility index (Phi) is 3.27. The van der Waals surface area contributed by atoms with Crippen molar-refractivity contribution in [2.45, 2.75) is 20.4 Å². The number of nitrogen functional groups attached to an aromatic ring is 1. The monoisotopic (exact) mass is 245 g/mol. The molecule has 2 aromatic heterocycles. The van der Waals surface area contributed by atoms with Gasteiger partial charge in [0.2, 0.25) is 0 Å². The number of H-pyrrole nitrogens is 1. The number of nitrogens with one attached hydrogen (secondary N) is 2. The number of hydrogen-bond donors (Lipinski definition) is 3.